The van der Waals surface area contributed by atoms with Crippen molar-refractivity contribution >= 4 is 21.0 Å². The molecule has 0 spiro atoms. The molecular weight excluding hydrogens is 160 g/mol. The summed E-state index contributed by atoms with van der Waals surface area (Å²) in [5, 5.41) is 0. The molecule has 0 aromatic heterocycles. The minimum atomic E-state index is -1.61. The minimum Gasteiger partial charge on any atom is -0.278 e. The van der Waals surface area contributed by atoms with Crippen LogP contribution in [0, 0.1) is 5.92 Å². The van der Waals surface area contributed by atoms with Crippen LogP contribution >= 0.6 is 10.7 Å². The highest BCUT2D eigenvalue weighted by molar-refractivity contribution is 8.04. The van der Waals surface area contributed by atoms with Gasteiger partial charge in [0.1, 0.15) is 0 Å². The number of rotatable bonds is 4. The SMILES string of the molecule is CC(C)CCOS(=O)Cl. The summed E-state index contributed by atoms with van der Waals surface area (Å²) in [6.07, 6.45) is 0.901. The molecule has 0 rings (SSSR count). The first-order chi connectivity index (χ1) is 4.13. The molecule has 0 saturated carbocycles. The van der Waals surface area contributed by atoms with Crippen LogP contribution in [0.3, 0.4) is 0 Å². The second kappa shape index (κ2) is 5.21. The second-order valence-corrected chi connectivity index (χ2v) is 3.58. The zero-order valence-corrected chi connectivity index (χ0v) is 7.17. The van der Waals surface area contributed by atoms with Crippen LogP contribution < -0.4 is 0 Å². The van der Waals surface area contributed by atoms with Crippen LogP contribution in [0.25, 0.3) is 0 Å². The van der Waals surface area contributed by atoms with E-state index in [4.69, 9.17) is 10.7 Å². The van der Waals surface area contributed by atoms with Crippen LogP contribution in [0.15, 0.2) is 0 Å². The van der Waals surface area contributed by atoms with Gasteiger partial charge >= 0.3 is 0 Å². The Hall–Kier alpha value is 0.400. The summed E-state index contributed by atoms with van der Waals surface area (Å²) < 4.78 is 14.7. The Morgan fingerprint density at radius 2 is 2.22 bits per heavy atom. The predicted octanol–water partition coefficient (Wildman–Crippen LogP) is 1.87. The van der Waals surface area contributed by atoms with Gasteiger partial charge in [-0.25, -0.2) is 4.21 Å². The molecule has 2 nitrogen and oxygen atoms in total. The summed E-state index contributed by atoms with van der Waals surface area (Å²) in [5.74, 6) is 0.574. The summed E-state index contributed by atoms with van der Waals surface area (Å²) in [5.41, 5.74) is 0. The molecule has 0 aromatic rings. The van der Waals surface area contributed by atoms with Crippen molar-refractivity contribution in [2.75, 3.05) is 6.61 Å². The molecule has 9 heavy (non-hydrogen) atoms. The van der Waals surface area contributed by atoms with E-state index in [0.29, 0.717) is 12.5 Å². The van der Waals surface area contributed by atoms with Crippen molar-refractivity contribution in [1.82, 2.24) is 0 Å². The third-order valence-corrected chi connectivity index (χ3v) is 1.49. The number of hydrogen-bond acceptors (Lipinski definition) is 2. The van der Waals surface area contributed by atoms with Crippen LogP contribution in [0.5, 0.6) is 0 Å². The lowest BCUT2D eigenvalue weighted by Crippen LogP contribution is -1.97. The van der Waals surface area contributed by atoms with Gasteiger partial charge in [0.25, 0.3) is 10.3 Å². The highest BCUT2D eigenvalue weighted by Crippen LogP contribution is 2.01. The monoisotopic (exact) mass is 170 g/mol. The molecule has 0 amide bonds. The van der Waals surface area contributed by atoms with Gasteiger partial charge < -0.3 is 0 Å². The molecule has 0 aliphatic carbocycles. The van der Waals surface area contributed by atoms with Crippen molar-refractivity contribution in [3.63, 3.8) is 0 Å². The van der Waals surface area contributed by atoms with Crippen LogP contribution in [-0.2, 0) is 14.5 Å². The lowest BCUT2D eigenvalue weighted by atomic mass is 10.2. The maximum atomic E-state index is 10.1. The molecule has 0 heterocycles. The van der Waals surface area contributed by atoms with Crippen LogP contribution in [0.1, 0.15) is 20.3 Å². The third-order valence-electron chi connectivity index (χ3n) is 0.871. The van der Waals surface area contributed by atoms with E-state index in [1.54, 1.807) is 0 Å². The zero-order chi connectivity index (χ0) is 7.28. The highest BCUT2D eigenvalue weighted by Gasteiger charge is 1.95. The molecule has 0 aliphatic heterocycles. The molecule has 4 heteroatoms. The second-order valence-electron chi connectivity index (χ2n) is 2.20. The lowest BCUT2D eigenvalue weighted by Gasteiger charge is -2.00. The summed E-state index contributed by atoms with van der Waals surface area (Å²) in [4.78, 5) is 0. The number of hydrogen-bond donors (Lipinski definition) is 0. The molecular formula is C5H11ClO2S. The quantitative estimate of drug-likeness (QED) is 0.603. The largest absolute Gasteiger partial charge is 0.278 e. The molecule has 1 atom stereocenters. The predicted molar refractivity (Wildman–Crippen MR) is 39.4 cm³/mol. The van der Waals surface area contributed by atoms with Crippen LogP contribution in [0.2, 0.25) is 0 Å². The van der Waals surface area contributed by atoms with Gasteiger partial charge in [-0.3, -0.25) is 4.18 Å². The molecule has 0 N–H and O–H groups in total. The molecule has 1 unspecified atom stereocenters. The molecule has 0 bridgehead atoms. The Balaban J connectivity index is 3.01. The topological polar surface area (TPSA) is 26.3 Å². The molecule has 0 aliphatic rings. The Kier molecular flexibility index (Phi) is 5.44. The van der Waals surface area contributed by atoms with Crippen LogP contribution in [0.4, 0.5) is 0 Å². The Morgan fingerprint density at radius 1 is 1.67 bits per heavy atom. The summed E-state index contributed by atoms with van der Waals surface area (Å²) >= 11 is 0. The van der Waals surface area contributed by atoms with Crippen molar-refractivity contribution in [3.05, 3.63) is 0 Å². The lowest BCUT2D eigenvalue weighted by molar-refractivity contribution is 0.321. The van der Waals surface area contributed by atoms with Gasteiger partial charge in [0.05, 0.1) is 6.61 Å². The van der Waals surface area contributed by atoms with E-state index < -0.39 is 10.3 Å². The van der Waals surface area contributed by atoms with E-state index in [1.807, 2.05) is 0 Å². The van der Waals surface area contributed by atoms with Gasteiger partial charge in [-0.15, -0.1) is 0 Å². The van der Waals surface area contributed by atoms with Gasteiger partial charge in [0.2, 0.25) is 0 Å². The summed E-state index contributed by atoms with van der Waals surface area (Å²) in [7, 11) is 3.40. The first-order valence-corrected chi connectivity index (χ1v) is 4.74. The van der Waals surface area contributed by atoms with E-state index in [1.165, 1.54) is 0 Å². The Bertz CT molecular complexity index is 95.0. The van der Waals surface area contributed by atoms with E-state index in [2.05, 4.69) is 18.0 Å². The van der Waals surface area contributed by atoms with Gasteiger partial charge in [0, 0.05) is 10.7 Å². The maximum absolute atomic E-state index is 10.1. The summed E-state index contributed by atoms with van der Waals surface area (Å²) in [6.45, 7) is 4.62. The normalized spacial score (nSPS) is 14.2. The average molecular weight is 171 g/mol. The van der Waals surface area contributed by atoms with E-state index >= 15 is 0 Å². The van der Waals surface area contributed by atoms with Crippen molar-refractivity contribution in [2.24, 2.45) is 5.92 Å². The van der Waals surface area contributed by atoms with E-state index in [-0.39, 0.29) is 0 Å². The van der Waals surface area contributed by atoms with Crippen molar-refractivity contribution in [1.29, 1.82) is 0 Å². The zero-order valence-electron chi connectivity index (χ0n) is 5.59. The highest BCUT2D eigenvalue weighted by atomic mass is 35.7. The van der Waals surface area contributed by atoms with Crippen LogP contribution in [-0.4, -0.2) is 10.8 Å². The number of halogens is 1. The van der Waals surface area contributed by atoms with Gasteiger partial charge in [-0.2, -0.15) is 0 Å². The van der Waals surface area contributed by atoms with Gasteiger partial charge in [0.15, 0.2) is 0 Å². The van der Waals surface area contributed by atoms with E-state index in [0.717, 1.165) is 6.42 Å². The Morgan fingerprint density at radius 3 is 2.56 bits per heavy atom. The fraction of sp³-hybridized carbons (Fsp3) is 1.00. The first kappa shape index (κ1) is 9.40. The average Bonchev–Trinajstić information content (AvgIpc) is 1.63. The van der Waals surface area contributed by atoms with Crippen molar-refractivity contribution < 1.29 is 8.39 Å². The fourth-order valence-corrected chi connectivity index (χ4v) is 0.766. The van der Waals surface area contributed by atoms with Crippen molar-refractivity contribution in [3.8, 4) is 0 Å². The maximum Gasteiger partial charge on any atom is 0.255 e. The molecule has 0 radical (unpaired) electrons. The first-order valence-electron chi connectivity index (χ1n) is 2.84. The van der Waals surface area contributed by atoms with Crippen molar-refractivity contribution in [2.45, 2.75) is 20.3 Å². The molecule has 0 saturated heterocycles. The smallest absolute Gasteiger partial charge is 0.255 e. The fourth-order valence-electron chi connectivity index (χ4n) is 0.349. The molecule has 0 fully saturated rings. The van der Waals surface area contributed by atoms with Gasteiger partial charge in [-0.05, 0) is 12.3 Å². The molecule has 0 aromatic carbocycles. The summed E-state index contributed by atoms with van der Waals surface area (Å²) in [6, 6.07) is 0. The van der Waals surface area contributed by atoms with Gasteiger partial charge in [-0.1, -0.05) is 13.8 Å². The molecule has 56 valence electrons. The minimum absolute atomic E-state index is 0.480. The Labute approximate surface area is 62.7 Å². The third kappa shape index (κ3) is 8.40. The van der Waals surface area contributed by atoms with E-state index in [9.17, 15) is 4.21 Å². The standard InChI is InChI=1S/C5H11ClO2S/c1-5(2)3-4-8-9(6)7/h5H,3-4H2,1-2H3.